The van der Waals surface area contributed by atoms with Gasteiger partial charge in [-0.2, -0.15) is 0 Å². The fourth-order valence-corrected chi connectivity index (χ4v) is 4.77. The van der Waals surface area contributed by atoms with Crippen LogP contribution in [0.4, 0.5) is 0 Å². The minimum atomic E-state index is -0.635. The Hall–Kier alpha value is -2.45. The maximum absolute atomic E-state index is 13.0. The molecule has 8 heteroatoms. The van der Waals surface area contributed by atoms with Crippen LogP contribution in [0.3, 0.4) is 0 Å². The van der Waals surface area contributed by atoms with Crippen LogP contribution in [0.5, 0.6) is 0 Å². The molecule has 0 aliphatic carbocycles. The fourth-order valence-electron chi connectivity index (χ4n) is 4.77. The average molecular weight is 414 g/mol. The second kappa shape index (κ2) is 8.73. The standard InChI is InChI=1S/C22H31N5O3/c1-3-25-12-14-26(15-13-25)11-5-7-16-6-4-8-17-20(16)24(2)22(30)27(17)18-9-10-19(28)23-21(18)29/h4,6,8,18H,3,5,7,9-15H2,1-2H3,(H,23,28,29). The van der Waals surface area contributed by atoms with Gasteiger partial charge in [-0.25, -0.2) is 4.79 Å². The van der Waals surface area contributed by atoms with Crippen molar-refractivity contribution in [1.29, 1.82) is 0 Å². The quantitative estimate of drug-likeness (QED) is 0.712. The molecule has 0 spiro atoms. The molecular formula is C22H31N5O3. The maximum atomic E-state index is 13.0. The SMILES string of the molecule is CCN1CCN(CCCc2cccc3c2n(C)c(=O)n3C2CCC(=O)NC2=O)CC1. The van der Waals surface area contributed by atoms with Crippen LogP contribution in [0.25, 0.3) is 11.0 Å². The van der Waals surface area contributed by atoms with Crippen molar-refractivity contribution in [2.45, 2.75) is 38.6 Å². The largest absolute Gasteiger partial charge is 0.329 e. The van der Waals surface area contributed by atoms with Crippen molar-refractivity contribution in [3.8, 4) is 0 Å². The number of nitrogens with zero attached hydrogens (tertiary/aromatic N) is 4. The summed E-state index contributed by atoms with van der Waals surface area (Å²) in [7, 11) is 1.76. The molecule has 0 bridgehead atoms. The number of carbonyl (C=O) groups is 2. The van der Waals surface area contributed by atoms with Gasteiger partial charge in [-0.15, -0.1) is 0 Å². The highest BCUT2D eigenvalue weighted by Crippen LogP contribution is 2.25. The molecule has 2 fully saturated rings. The molecule has 162 valence electrons. The molecule has 1 atom stereocenters. The van der Waals surface area contributed by atoms with E-state index in [1.165, 1.54) is 0 Å². The summed E-state index contributed by atoms with van der Waals surface area (Å²) in [6.07, 6.45) is 2.53. The Kier molecular flexibility index (Phi) is 6.06. The van der Waals surface area contributed by atoms with Crippen LogP contribution in [-0.2, 0) is 23.1 Å². The Morgan fingerprint density at radius 3 is 2.50 bits per heavy atom. The lowest BCUT2D eigenvalue weighted by atomic mass is 10.0. The molecule has 0 radical (unpaired) electrons. The Morgan fingerprint density at radius 1 is 1.07 bits per heavy atom. The Balaban J connectivity index is 1.52. The summed E-state index contributed by atoms with van der Waals surface area (Å²) in [6, 6.07) is 5.29. The lowest BCUT2D eigenvalue weighted by molar-refractivity contribution is -0.135. The van der Waals surface area contributed by atoms with Gasteiger partial charge < -0.3 is 9.80 Å². The number of imide groups is 1. The van der Waals surface area contributed by atoms with Gasteiger partial charge in [0.1, 0.15) is 6.04 Å². The van der Waals surface area contributed by atoms with E-state index >= 15 is 0 Å². The first-order chi connectivity index (χ1) is 14.5. The van der Waals surface area contributed by atoms with Crippen molar-refractivity contribution >= 4 is 22.8 Å². The van der Waals surface area contributed by atoms with Crippen molar-refractivity contribution in [2.75, 3.05) is 39.3 Å². The first kappa shape index (κ1) is 20.8. The van der Waals surface area contributed by atoms with Crippen molar-refractivity contribution in [3.05, 3.63) is 34.2 Å². The Morgan fingerprint density at radius 2 is 1.80 bits per heavy atom. The highest BCUT2D eigenvalue weighted by Gasteiger charge is 2.31. The number of nitrogens with one attached hydrogen (secondary N) is 1. The normalized spacial score (nSPS) is 21.3. The maximum Gasteiger partial charge on any atom is 0.329 e. The lowest BCUT2D eigenvalue weighted by Gasteiger charge is -2.34. The molecule has 1 unspecified atom stereocenters. The zero-order chi connectivity index (χ0) is 21.3. The number of piperidine rings is 1. The first-order valence-electron chi connectivity index (χ1n) is 11.0. The number of hydrogen-bond donors (Lipinski definition) is 1. The highest BCUT2D eigenvalue weighted by molar-refractivity contribution is 6.00. The van der Waals surface area contributed by atoms with Crippen LogP contribution in [0.15, 0.2) is 23.0 Å². The van der Waals surface area contributed by atoms with Crippen molar-refractivity contribution < 1.29 is 9.59 Å². The second-order valence-electron chi connectivity index (χ2n) is 8.34. The van der Waals surface area contributed by atoms with Crippen LogP contribution in [0, 0.1) is 0 Å². The zero-order valence-electron chi connectivity index (χ0n) is 17.9. The van der Waals surface area contributed by atoms with E-state index in [-0.39, 0.29) is 18.0 Å². The summed E-state index contributed by atoms with van der Waals surface area (Å²) in [5.74, 6) is -0.664. The Bertz CT molecular complexity index is 1000. The molecule has 2 aliphatic rings. The predicted molar refractivity (Wildman–Crippen MR) is 115 cm³/mol. The fraction of sp³-hybridized carbons (Fsp3) is 0.591. The van der Waals surface area contributed by atoms with Crippen LogP contribution in [0.1, 0.15) is 37.8 Å². The third-order valence-corrected chi connectivity index (χ3v) is 6.54. The zero-order valence-corrected chi connectivity index (χ0v) is 17.9. The summed E-state index contributed by atoms with van der Waals surface area (Å²) in [6.45, 7) is 8.88. The molecule has 1 aromatic heterocycles. The van der Waals surface area contributed by atoms with E-state index in [1.807, 2.05) is 12.1 Å². The number of aromatic nitrogens is 2. The molecule has 30 heavy (non-hydrogen) atoms. The van der Waals surface area contributed by atoms with E-state index in [1.54, 1.807) is 16.2 Å². The monoisotopic (exact) mass is 413 g/mol. The van der Waals surface area contributed by atoms with Gasteiger partial charge in [0.25, 0.3) is 0 Å². The summed E-state index contributed by atoms with van der Waals surface area (Å²) in [5, 5.41) is 2.37. The molecular weight excluding hydrogens is 382 g/mol. The average Bonchev–Trinajstić information content (AvgIpc) is 3.00. The van der Waals surface area contributed by atoms with Gasteiger partial charge in [0.2, 0.25) is 11.8 Å². The lowest BCUT2D eigenvalue weighted by Crippen LogP contribution is -2.46. The van der Waals surface area contributed by atoms with Crippen molar-refractivity contribution in [1.82, 2.24) is 24.3 Å². The minimum absolute atomic E-state index is 0.206. The topological polar surface area (TPSA) is 79.6 Å². The number of amides is 2. The van der Waals surface area contributed by atoms with Gasteiger partial charge in [0.05, 0.1) is 11.0 Å². The molecule has 1 aromatic carbocycles. The van der Waals surface area contributed by atoms with Crippen LogP contribution in [-0.4, -0.2) is 70.0 Å². The molecule has 8 nitrogen and oxygen atoms in total. The number of aryl methyl sites for hydroxylation is 2. The molecule has 2 amide bonds. The molecule has 0 saturated carbocycles. The summed E-state index contributed by atoms with van der Waals surface area (Å²) >= 11 is 0. The molecule has 2 saturated heterocycles. The smallest absolute Gasteiger partial charge is 0.301 e. The number of hydrogen-bond acceptors (Lipinski definition) is 5. The highest BCUT2D eigenvalue weighted by atomic mass is 16.2. The number of fused-ring (bicyclic) bond motifs is 1. The predicted octanol–water partition coefficient (Wildman–Crippen LogP) is 0.888. The van der Waals surface area contributed by atoms with E-state index in [2.05, 4.69) is 28.1 Å². The number of likely N-dealkylation sites (N-methyl/N-ethyl adjacent to an activating group) is 1. The van der Waals surface area contributed by atoms with E-state index < -0.39 is 11.9 Å². The molecule has 4 rings (SSSR count). The van der Waals surface area contributed by atoms with Gasteiger partial charge in [0, 0.05) is 39.6 Å². The number of benzene rings is 1. The van der Waals surface area contributed by atoms with Crippen LogP contribution < -0.4 is 11.0 Å². The summed E-state index contributed by atoms with van der Waals surface area (Å²) in [5.41, 5.74) is 2.59. The van der Waals surface area contributed by atoms with Gasteiger partial charge in [-0.3, -0.25) is 24.0 Å². The second-order valence-corrected chi connectivity index (χ2v) is 8.34. The molecule has 2 aromatic rings. The molecule has 2 aliphatic heterocycles. The number of carbonyl (C=O) groups excluding carboxylic acids is 2. The van der Waals surface area contributed by atoms with E-state index in [0.29, 0.717) is 6.42 Å². The molecule has 1 N–H and O–H groups in total. The molecule has 3 heterocycles. The van der Waals surface area contributed by atoms with Crippen molar-refractivity contribution in [2.24, 2.45) is 7.05 Å². The van der Waals surface area contributed by atoms with Gasteiger partial charge in [-0.05, 0) is 44.0 Å². The van der Waals surface area contributed by atoms with Gasteiger partial charge in [-0.1, -0.05) is 19.1 Å². The van der Waals surface area contributed by atoms with Gasteiger partial charge >= 0.3 is 5.69 Å². The summed E-state index contributed by atoms with van der Waals surface area (Å²) in [4.78, 5) is 41.9. The minimum Gasteiger partial charge on any atom is -0.301 e. The first-order valence-corrected chi connectivity index (χ1v) is 11.0. The van der Waals surface area contributed by atoms with Crippen LogP contribution in [0.2, 0.25) is 0 Å². The van der Waals surface area contributed by atoms with Crippen molar-refractivity contribution in [3.63, 3.8) is 0 Å². The number of imidazole rings is 1. The third-order valence-electron chi connectivity index (χ3n) is 6.54. The van der Waals surface area contributed by atoms with E-state index in [0.717, 1.165) is 68.7 Å². The number of para-hydroxylation sites is 1. The number of piperazine rings is 1. The van der Waals surface area contributed by atoms with E-state index in [4.69, 9.17) is 0 Å². The van der Waals surface area contributed by atoms with Crippen LogP contribution >= 0.6 is 0 Å². The number of rotatable bonds is 6. The Labute approximate surface area is 176 Å². The summed E-state index contributed by atoms with van der Waals surface area (Å²) < 4.78 is 3.21. The van der Waals surface area contributed by atoms with Gasteiger partial charge in [0.15, 0.2) is 0 Å². The van der Waals surface area contributed by atoms with E-state index in [9.17, 15) is 14.4 Å². The third kappa shape index (κ3) is 3.94.